The van der Waals surface area contributed by atoms with Crippen LogP contribution in [0.1, 0.15) is 54.7 Å². The largest absolute Gasteiger partial charge is 0.404 e. The quantitative estimate of drug-likeness (QED) is 0.441. The molecular weight excluding hydrogens is 460 g/mol. The Kier molecular flexibility index (Phi) is 6.89. The fourth-order valence-corrected chi connectivity index (χ4v) is 5.62. The first-order valence-electron chi connectivity index (χ1n) is 12.2. The van der Waals surface area contributed by atoms with Crippen LogP contribution in [0.5, 0.6) is 0 Å². The highest BCUT2D eigenvalue weighted by molar-refractivity contribution is 7.22. The Morgan fingerprint density at radius 3 is 2.34 bits per heavy atom. The van der Waals surface area contributed by atoms with Crippen LogP contribution in [-0.2, 0) is 0 Å². The summed E-state index contributed by atoms with van der Waals surface area (Å²) in [4.78, 5) is 32.0. The van der Waals surface area contributed by atoms with Gasteiger partial charge in [0, 0.05) is 44.2 Å². The van der Waals surface area contributed by atoms with E-state index in [0.29, 0.717) is 17.0 Å². The molecule has 0 aliphatic carbocycles. The molecule has 2 aliphatic heterocycles. The lowest BCUT2D eigenvalue weighted by molar-refractivity contribution is 0.102. The number of thiazole rings is 1. The van der Waals surface area contributed by atoms with Crippen LogP contribution >= 0.6 is 11.3 Å². The van der Waals surface area contributed by atoms with Crippen LogP contribution in [0, 0.1) is 5.41 Å². The maximum atomic E-state index is 13.2. The minimum absolute atomic E-state index is 0.256. The minimum Gasteiger partial charge on any atom is -0.404 e. The molecule has 0 spiro atoms. The fourth-order valence-electron chi connectivity index (χ4n) is 4.62. The molecule has 0 atom stereocenters. The highest BCUT2D eigenvalue weighted by atomic mass is 32.1. The normalized spacial score (nSPS) is 17.0. The fraction of sp³-hybridized carbons (Fsp3) is 0.400. The van der Waals surface area contributed by atoms with E-state index in [9.17, 15) is 4.79 Å². The van der Waals surface area contributed by atoms with Crippen LogP contribution in [0.15, 0.2) is 30.5 Å². The summed E-state index contributed by atoms with van der Waals surface area (Å²) in [6.07, 6.45) is 9.50. The SMILES string of the molecule is N=C/C(=C\N)c1cccc(C(=O)Nc2cc3sc(N4CCCCC4)nc3nc2N2CCCCC2)n1. The van der Waals surface area contributed by atoms with Gasteiger partial charge >= 0.3 is 0 Å². The Hall–Kier alpha value is -3.53. The Morgan fingerprint density at radius 1 is 0.971 bits per heavy atom. The number of allylic oxidation sites excluding steroid dienone is 1. The maximum Gasteiger partial charge on any atom is 0.274 e. The summed E-state index contributed by atoms with van der Waals surface area (Å²) < 4.78 is 0.959. The zero-order valence-corrected chi connectivity index (χ0v) is 20.5. The van der Waals surface area contributed by atoms with Gasteiger partial charge in [-0.25, -0.2) is 9.97 Å². The summed E-state index contributed by atoms with van der Waals surface area (Å²) in [6.45, 7) is 3.86. The molecule has 0 saturated carbocycles. The summed E-state index contributed by atoms with van der Waals surface area (Å²) in [5.41, 5.74) is 8.19. The summed E-state index contributed by atoms with van der Waals surface area (Å²) in [5, 5.41) is 11.6. The number of fused-ring (bicyclic) bond motifs is 1. The number of hydrogen-bond donors (Lipinski definition) is 3. The van der Waals surface area contributed by atoms with Crippen molar-refractivity contribution in [3.05, 3.63) is 41.9 Å². The summed E-state index contributed by atoms with van der Waals surface area (Å²) in [7, 11) is 0. The van der Waals surface area contributed by atoms with Crippen molar-refractivity contribution in [2.75, 3.05) is 41.3 Å². The van der Waals surface area contributed by atoms with Crippen LogP contribution in [-0.4, -0.2) is 53.3 Å². The molecule has 3 aromatic heterocycles. The third-order valence-electron chi connectivity index (χ3n) is 6.49. The molecule has 0 bridgehead atoms. The first-order chi connectivity index (χ1) is 17.2. The second kappa shape index (κ2) is 10.4. The number of carbonyl (C=O) groups excluding carboxylic acids is 1. The van der Waals surface area contributed by atoms with Crippen molar-refractivity contribution < 1.29 is 4.79 Å². The van der Waals surface area contributed by atoms with Crippen LogP contribution in [0.3, 0.4) is 0 Å². The van der Waals surface area contributed by atoms with Crippen molar-refractivity contribution in [2.24, 2.45) is 5.73 Å². The summed E-state index contributed by atoms with van der Waals surface area (Å²) in [6, 6.07) is 7.13. The number of hydrogen-bond acceptors (Lipinski definition) is 9. The Morgan fingerprint density at radius 2 is 1.66 bits per heavy atom. The van der Waals surface area contributed by atoms with Gasteiger partial charge in [0.15, 0.2) is 16.6 Å². The molecule has 10 heteroatoms. The van der Waals surface area contributed by atoms with Gasteiger partial charge in [-0.05, 0) is 56.7 Å². The van der Waals surface area contributed by atoms with Gasteiger partial charge in [0.1, 0.15) is 5.69 Å². The molecule has 0 aromatic carbocycles. The predicted molar refractivity (Wildman–Crippen MR) is 143 cm³/mol. The molecule has 5 heterocycles. The number of carbonyl (C=O) groups is 1. The van der Waals surface area contributed by atoms with Gasteiger partial charge in [-0.1, -0.05) is 17.4 Å². The van der Waals surface area contributed by atoms with E-state index in [1.807, 2.05) is 6.07 Å². The van der Waals surface area contributed by atoms with Gasteiger partial charge in [-0.2, -0.15) is 4.98 Å². The van der Waals surface area contributed by atoms with Gasteiger partial charge < -0.3 is 26.3 Å². The van der Waals surface area contributed by atoms with Crippen molar-refractivity contribution in [3.63, 3.8) is 0 Å². The number of aromatic nitrogens is 3. The van der Waals surface area contributed by atoms with E-state index in [1.165, 1.54) is 31.9 Å². The highest BCUT2D eigenvalue weighted by Gasteiger charge is 2.22. The monoisotopic (exact) mass is 490 g/mol. The van der Waals surface area contributed by atoms with E-state index in [1.54, 1.807) is 29.5 Å². The number of piperidine rings is 2. The van der Waals surface area contributed by atoms with Crippen molar-refractivity contribution in [1.82, 2.24) is 15.0 Å². The van der Waals surface area contributed by atoms with Crippen molar-refractivity contribution >= 4 is 56.0 Å². The summed E-state index contributed by atoms with van der Waals surface area (Å²) in [5.74, 6) is 0.438. The molecule has 4 N–H and O–H groups in total. The van der Waals surface area contributed by atoms with Gasteiger partial charge in [0.2, 0.25) is 0 Å². The maximum absolute atomic E-state index is 13.2. The highest BCUT2D eigenvalue weighted by Crippen LogP contribution is 2.36. The first-order valence-corrected chi connectivity index (χ1v) is 13.0. The molecule has 9 nitrogen and oxygen atoms in total. The van der Waals surface area contributed by atoms with Gasteiger partial charge in [0.25, 0.3) is 5.91 Å². The smallest absolute Gasteiger partial charge is 0.274 e. The number of pyridine rings is 2. The second-order valence-electron chi connectivity index (χ2n) is 8.90. The third kappa shape index (κ3) is 4.97. The van der Waals surface area contributed by atoms with E-state index < -0.39 is 0 Å². The minimum atomic E-state index is -0.326. The Labute approximate surface area is 208 Å². The van der Waals surface area contributed by atoms with E-state index >= 15 is 0 Å². The van der Waals surface area contributed by atoms with Gasteiger partial charge in [-0.3, -0.25) is 4.79 Å². The number of anilines is 3. The zero-order chi connectivity index (χ0) is 24.2. The molecule has 0 unspecified atom stereocenters. The number of nitrogens with zero attached hydrogens (tertiary/aromatic N) is 5. The van der Waals surface area contributed by atoms with Crippen LogP contribution in [0.25, 0.3) is 15.9 Å². The Balaban J connectivity index is 1.49. The molecule has 2 aliphatic rings. The second-order valence-corrected chi connectivity index (χ2v) is 9.91. The van der Waals surface area contributed by atoms with Crippen LogP contribution in [0.4, 0.5) is 16.6 Å². The lowest BCUT2D eigenvalue weighted by Crippen LogP contribution is -2.31. The number of amides is 1. The number of nitrogens with one attached hydrogen (secondary N) is 2. The average Bonchev–Trinajstić information content (AvgIpc) is 3.33. The van der Waals surface area contributed by atoms with Crippen molar-refractivity contribution in [2.45, 2.75) is 38.5 Å². The number of rotatable bonds is 6. The average molecular weight is 491 g/mol. The molecule has 35 heavy (non-hydrogen) atoms. The predicted octanol–water partition coefficient (Wildman–Crippen LogP) is 4.27. The number of nitrogens with two attached hydrogens (primary N) is 1. The lowest BCUT2D eigenvalue weighted by atomic mass is 10.1. The molecule has 3 aromatic rings. The van der Waals surface area contributed by atoms with E-state index in [2.05, 4.69) is 20.1 Å². The van der Waals surface area contributed by atoms with Crippen molar-refractivity contribution in [3.8, 4) is 0 Å². The molecule has 5 rings (SSSR count). The van der Waals surface area contributed by atoms with Crippen LogP contribution < -0.4 is 20.9 Å². The third-order valence-corrected chi connectivity index (χ3v) is 7.55. The molecular formula is C25H30N8OS. The van der Waals surface area contributed by atoms with Gasteiger partial charge in [-0.15, -0.1) is 0 Å². The molecule has 2 fully saturated rings. The van der Waals surface area contributed by atoms with Gasteiger partial charge in [0.05, 0.1) is 16.1 Å². The Bertz CT molecular complexity index is 1260. The van der Waals surface area contributed by atoms with Crippen LogP contribution in [0.2, 0.25) is 0 Å². The standard InChI is InChI=1S/C25H30N8OS/c26-15-17(16-27)18-8-7-9-19(28-18)24(34)29-20-14-21-22(30-23(20)32-10-3-1-4-11-32)31-25(35-21)33-12-5-2-6-13-33/h7-9,14-16,26H,1-6,10-13,27H2,(H,29,34)/b17-16+,26-15?. The zero-order valence-electron chi connectivity index (χ0n) is 19.7. The molecule has 182 valence electrons. The van der Waals surface area contributed by atoms with E-state index in [4.69, 9.17) is 21.1 Å². The summed E-state index contributed by atoms with van der Waals surface area (Å²) >= 11 is 1.63. The van der Waals surface area contributed by atoms with E-state index in [-0.39, 0.29) is 11.6 Å². The molecule has 1 amide bonds. The van der Waals surface area contributed by atoms with E-state index in [0.717, 1.165) is 66.5 Å². The van der Waals surface area contributed by atoms with Crippen molar-refractivity contribution in [1.29, 1.82) is 5.41 Å². The molecule has 0 radical (unpaired) electrons. The molecule has 2 saturated heterocycles. The first kappa shape index (κ1) is 23.2. The topological polar surface area (TPSA) is 124 Å². The lowest BCUT2D eigenvalue weighted by Gasteiger charge is -2.29.